The highest BCUT2D eigenvalue weighted by Gasteiger charge is 2.31. The molecule has 5 heterocycles. The first kappa shape index (κ1) is 19.8. The van der Waals surface area contributed by atoms with Crippen LogP contribution >= 0.6 is 27.3 Å². The Morgan fingerprint density at radius 2 is 2.23 bits per heavy atom. The van der Waals surface area contributed by atoms with E-state index in [9.17, 15) is 0 Å². The summed E-state index contributed by atoms with van der Waals surface area (Å²) < 4.78 is 2.94. The molecule has 2 N–H and O–H groups in total. The number of hydrogen-bond acceptors (Lipinski definition) is 6. The van der Waals surface area contributed by atoms with Crippen molar-refractivity contribution in [2.75, 3.05) is 18.4 Å². The van der Waals surface area contributed by atoms with Gasteiger partial charge in [-0.1, -0.05) is 6.07 Å². The second-order valence-electron chi connectivity index (χ2n) is 7.96. The van der Waals surface area contributed by atoms with Crippen LogP contribution in [0.1, 0.15) is 24.0 Å². The standard InChI is InChI=1S/C22H25BrN6S/c23-19-12-26-29-21(25-11-16-3-1-6-24-10-16)9-20(27-22(19)29)18-4-2-7-28(14-18)13-17-5-8-30-15-17/h1,3,5-6,8-10,12,15,18,20,25,27H,2,4,7,11,13-14H2. The van der Waals surface area contributed by atoms with Crippen LogP contribution in [0.2, 0.25) is 0 Å². The van der Waals surface area contributed by atoms with Gasteiger partial charge in [0.2, 0.25) is 0 Å². The number of likely N-dealkylation sites (tertiary alicyclic amines) is 1. The molecule has 0 amide bonds. The number of thiophene rings is 1. The molecule has 30 heavy (non-hydrogen) atoms. The summed E-state index contributed by atoms with van der Waals surface area (Å²) in [7, 11) is 0. The van der Waals surface area contributed by atoms with E-state index in [1.807, 2.05) is 23.1 Å². The van der Waals surface area contributed by atoms with E-state index in [-0.39, 0.29) is 6.04 Å². The molecule has 0 aliphatic carbocycles. The second kappa shape index (κ2) is 8.91. The summed E-state index contributed by atoms with van der Waals surface area (Å²) in [5.41, 5.74) is 2.58. The fraction of sp³-hybridized carbons (Fsp3) is 0.364. The molecule has 3 aromatic rings. The number of nitrogens with one attached hydrogen (secondary N) is 2. The zero-order chi connectivity index (χ0) is 20.3. The van der Waals surface area contributed by atoms with Crippen LogP contribution in [-0.4, -0.2) is 38.8 Å². The van der Waals surface area contributed by atoms with Crippen molar-refractivity contribution in [2.45, 2.75) is 32.0 Å². The molecule has 5 rings (SSSR count). The normalized spacial score (nSPS) is 21.6. The largest absolute Gasteiger partial charge is 0.366 e. The van der Waals surface area contributed by atoms with E-state index in [4.69, 9.17) is 0 Å². The Hall–Kier alpha value is -2.16. The van der Waals surface area contributed by atoms with Gasteiger partial charge in [0.1, 0.15) is 11.6 Å². The fourth-order valence-corrected chi connectivity index (χ4v) is 5.37. The topological polar surface area (TPSA) is 58.0 Å². The summed E-state index contributed by atoms with van der Waals surface area (Å²) in [5.74, 6) is 2.60. The van der Waals surface area contributed by atoms with E-state index in [0.29, 0.717) is 5.92 Å². The van der Waals surface area contributed by atoms with Crippen LogP contribution in [0.15, 0.2) is 58.1 Å². The highest BCUT2D eigenvalue weighted by Crippen LogP contribution is 2.33. The lowest BCUT2D eigenvalue weighted by Crippen LogP contribution is -2.44. The van der Waals surface area contributed by atoms with Gasteiger partial charge < -0.3 is 10.6 Å². The van der Waals surface area contributed by atoms with Crippen LogP contribution in [0.4, 0.5) is 5.82 Å². The Labute approximate surface area is 189 Å². The average molecular weight is 485 g/mol. The third kappa shape index (κ3) is 4.31. The first-order chi connectivity index (χ1) is 14.8. The zero-order valence-electron chi connectivity index (χ0n) is 16.7. The minimum absolute atomic E-state index is 0.271. The molecular formula is C22H25BrN6S. The minimum Gasteiger partial charge on any atom is -0.366 e. The number of hydrogen-bond donors (Lipinski definition) is 2. The second-order valence-corrected chi connectivity index (χ2v) is 9.59. The van der Waals surface area contributed by atoms with Gasteiger partial charge in [-0.15, -0.1) is 0 Å². The maximum absolute atomic E-state index is 4.55. The molecule has 6 nitrogen and oxygen atoms in total. The van der Waals surface area contributed by atoms with Crippen LogP contribution in [0.25, 0.3) is 5.82 Å². The maximum Gasteiger partial charge on any atom is 0.146 e. The molecular weight excluding hydrogens is 460 g/mol. The predicted molar refractivity (Wildman–Crippen MR) is 125 cm³/mol. The first-order valence-electron chi connectivity index (χ1n) is 10.3. The van der Waals surface area contributed by atoms with Gasteiger partial charge in [-0.3, -0.25) is 9.88 Å². The molecule has 156 valence electrons. The lowest BCUT2D eigenvalue weighted by molar-refractivity contribution is 0.162. The van der Waals surface area contributed by atoms with E-state index in [1.165, 1.54) is 24.9 Å². The van der Waals surface area contributed by atoms with Crippen LogP contribution in [-0.2, 0) is 13.1 Å². The summed E-state index contributed by atoms with van der Waals surface area (Å²) in [6.07, 6.45) is 10.3. The van der Waals surface area contributed by atoms with Crippen molar-refractivity contribution in [3.05, 3.63) is 69.2 Å². The Balaban J connectivity index is 1.33. The van der Waals surface area contributed by atoms with Gasteiger partial charge >= 0.3 is 0 Å². The summed E-state index contributed by atoms with van der Waals surface area (Å²) in [4.78, 5) is 6.81. The van der Waals surface area contributed by atoms with Gasteiger partial charge in [-0.2, -0.15) is 16.4 Å². The first-order valence-corrected chi connectivity index (χ1v) is 12.1. The molecule has 0 radical (unpaired) electrons. The maximum atomic E-state index is 4.55. The highest BCUT2D eigenvalue weighted by molar-refractivity contribution is 9.10. The molecule has 3 aromatic heterocycles. The van der Waals surface area contributed by atoms with Crippen molar-refractivity contribution in [2.24, 2.45) is 5.92 Å². The molecule has 0 saturated carbocycles. The van der Waals surface area contributed by atoms with Crippen molar-refractivity contribution in [1.82, 2.24) is 25.0 Å². The van der Waals surface area contributed by atoms with Gasteiger partial charge in [-0.05, 0) is 81.3 Å². The summed E-state index contributed by atoms with van der Waals surface area (Å²) in [6.45, 7) is 4.05. The number of rotatable bonds is 6. The fourth-order valence-electron chi connectivity index (χ4n) is 4.33. The molecule has 1 fully saturated rings. The van der Waals surface area contributed by atoms with Crippen molar-refractivity contribution in [3.63, 3.8) is 0 Å². The van der Waals surface area contributed by atoms with E-state index >= 15 is 0 Å². The van der Waals surface area contributed by atoms with Crippen molar-refractivity contribution in [1.29, 1.82) is 0 Å². The number of fused-ring (bicyclic) bond motifs is 1. The number of halogens is 1. The van der Waals surface area contributed by atoms with Crippen LogP contribution in [0, 0.1) is 5.92 Å². The van der Waals surface area contributed by atoms with Gasteiger partial charge in [0, 0.05) is 32.0 Å². The van der Waals surface area contributed by atoms with Crippen LogP contribution < -0.4 is 10.6 Å². The highest BCUT2D eigenvalue weighted by atomic mass is 79.9. The molecule has 1 saturated heterocycles. The van der Waals surface area contributed by atoms with Gasteiger partial charge in [-0.25, -0.2) is 4.68 Å². The quantitative estimate of drug-likeness (QED) is 0.542. The molecule has 2 aliphatic rings. The van der Waals surface area contributed by atoms with Gasteiger partial charge in [0.15, 0.2) is 0 Å². The molecule has 8 heteroatoms. The lowest BCUT2D eigenvalue weighted by atomic mass is 9.89. The van der Waals surface area contributed by atoms with E-state index in [1.54, 1.807) is 17.5 Å². The van der Waals surface area contributed by atoms with Gasteiger partial charge in [0.05, 0.1) is 16.7 Å². The number of anilines is 1. The number of aromatic nitrogens is 3. The van der Waals surface area contributed by atoms with E-state index < -0.39 is 0 Å². The monoisotopic (exact) mass is 484 g/mol. The van der Waals surface area contributed by atoms with Gasteiger partial charge in [0.25, 0.3) is 0 Å². The average Bonchev–Trinajstić information content (AvgIpc) is 3.43. The third-order valence-corrected chi connectivity index (χ3v) is 7.14. The van der Waals surface area contributed by atoms with E-state index in [2.05, 4.69) is 70.5 Å². The Bertz CT molecular complexity index is 1000. The number of pyridine rings is 1. The molecule has 2 aliphatic heterocycles. The van der Waals surface area contributed by atoms with Crippen LogP contribution in [0.5, 0.6) is 0 Å². The van der Waals surface area contributed by atoms with Crippen molar-refractivity contribution in [3.8, 4) is 0 Å². The van der Waals surface area contributed by atoms with Crippen molar-refractivity contribution < 1.29 is 0 Å². The van der Waals surface area contributed by atoms with E-state index in [0.717, 1.165) is 41.3 Å². The molecule has 2 unspecified atom stereocenters. The SMILES string of the molecule is Brc1cnn2c1NC(C1CCCN(Cc3ccsc3)C1)C=C2NCc1cccnc1. The van der Waals surface area contributed by atoms with Crippen molar-refractivity contribution >= 4 is 38.9 Å². The summed E-state index contributed by atoms with van der Waals surface area (Å²) in [6, 6.07) is 6.56. The molecule has 0 aromatic carbocycles. The third-order valence-electron chi connectivity index (χ3n) is 5.83. The van der Waals surface area contributed by atoms with Crippen LogP contribution in [0.3, 0.4) is 0 Å². The molecule has 2 atom stereocenters. The Morgan fingerprint density at radius 3 is 3.07 bits per heavy atom. The summed E-state index contributed by atoms with van der Waals surface area (Å²) in [5, 5.41) is 16.3. The Morgan fingerprint density at radius 1 is 1.27 bits per heavy atom. The smallest absolute Gasteiger partial charge is 0.146 e. The predicted octanol–water partition coefficient (Wildman–Crippen LogP) is 4.40. The number of piperidine rings is 1. The Kier molecular flexibility index (Phi) is 5.88. The molecule has 0 spiro atoms. The molecule has 0 bridgehead atoms. The lowest BCUT2D eigenvalue weighted by Gasteiger charge is -2.38. The number of nitrogens with zero attached hydrogens (tertiary/aromatic N) is 4. The summed E-state index contributed by atoms with van der Waals surface area (Å²) >= 11 is 5.44. The minimum atomic E-state index is 0.271. The zero-order valence-corrected chi connectivity index (χ0v) is 19.1.